The van der Waals surface area contributed by atoms with Crippen molar-refractivity contribution in [3.8, 4) is 0 Å². The van der Waals surface area contributed by atoms with Crippen LogP contribution in [0.5, 0.6) is 0 Å². The number of rotatable bonds is 6. The van der Waals surface area contributed by atoms with Crippen LogP contribution < -0.4 is 5.32 Å². The summed E-state index contributed by atoms with van der Waals surface area (Å²) in [4.78, 5) is 40.6. The van der Waals surface area contributed by atoms with Crippen LogP contribution in [0.25, 0.3) is 0 Å². The number of alkyl carbamates (subject to hydrolysis) is 1. The Kier molecular flexibility index (Phi) is 7.54. The Morgan fingerprint density at radius 3 is 2.17 bits per heavy atom. The molecular weight excluding hydrogens is 476 g/mol. The van der Waals surface area contributed by atoms with Gasteiger partial charge in [0.05, 0.1) is 0 Å². The number of benzene rings is 2. The summed E-state index contributed by atoms with van der Waals surface area (Å²) in [6, 6.07) is 18.2. The van der Waals surface area contributed by atoms with E-state index in [4.69, 9.17) is 9.47 Å². The Morgan fingerprint density at radius 1 is 1.06 bits per heavy atom. The monoisotopic (exact) mass is 506 g/mol. The summed E-state index contributed by atoms with van der Waals surface area (Å²) in [5.74, 6) is -0.463. The van der Waals surface area contributed by atoms with E-state index in [1.54, 1.807) is 20.8 Å². The van der Waals surface area contributed by atoms with Crippen molar-refractivity contribution in [3.05, 3.63) is 95.2 Å². The van der Waals surface area contributed by atoms with Crippen molar-refractivity contribution in [2.75, 3.05) is 5.75 Å². The molecule has 8 heteroatoms. The molecule has 0 spiro atoms. The lowest BCUT2D eigenvalue weighted by atomic mass is 10.0. The standard InChI is InChI=1S/C28H30N2O5S/c1-5-12-20-17-36-25-21(29-27(33)35-28(2,3)4)24(31)30(25)22(20)26(32)34-23(18-13-8-6-9-14-18)19-15-10-7-11-16-19/h5-16,21,23,25H,17H2,1-4H3,(H,29,33)/b12-5-/t21?,25-/m1/s1. The molecule has 0 aromatic heterocycles. The molecule has 2 aliphatic rings. The van der Waals surface area contributed by atoms with E-state index in [-0.39, 0.29) is 11.6 Å². The van der Waals surface area contributed by atoms with Crippen molar-refractivity contribution in [1.82, 2.24) is 10.2 Å². The zero-order chi connectivity index (χ0) is 25.9. The maximum Gasteiger partial charge on any atom is 0.408 e. The number of hydrogen-bond donors (Lipinski definition) is 1. The Hall–Kier alpha value is -3.52. The topological polar surface area (TPSA) is 84.9 Å². The molecule has 1 saturated heterocycles. The van der Waals surface area contributed by atoms with Crippen LogP contribution in [-0.2, 0) is 19.1 Å². The third kappa shape index (κ3) is 5.49. The zero-order valence-electron chi connectivity index (χ0n) is 20.8. The van der Waals surface area contributed by atoms with E-state index < -0.39 is 35.2 Å². The van der Waals surface area contributed by atoms with Gasteiger partial charge in [-0.3, -0.25) is 9.69 Å². The second kappa shape index (κ2) is 10.6. The molecule has 2 aromatic rings. The van der Waals surface area contributed by atoms with Crippen molar-refractivity contribution >= 4 is 29.7 Å². The van der Waals surface area contributed by atoms with Crippen LogP contribution in [0, 0.1) is 0 Å². The molecule has 0 saturated carbocycles. The van der Waals surface area contributed by atoms with Gasteiger partial charge in [0.15, 0.2) is 6.10 Å². The normalized spacial score (nSPS) is 19.7. The van der Waals surface area contributed by atoms with Gasteiger partial charge in [-0.1, -0.05) is 72.8 Å². The summed E-state index contributed by atoms with van der Waals surface area (Å²) in [7, 11) is 0. The quantitative estimate of drug-likeness (QED) is 0.441. The molecule has 2 amide bonds. The van der Waals surface area contributed by atoms with Gasteiger partial charge in [0.25, 0.3) is 5.91 Å². The van der Waals surface area contributed by atoms with Crippen LogP contribution in [-0.4, -0.2) is 45.6 Å². The molecule has 4 rings (SSSR count). The maximum atomic E-state index is 13.7. The van der Waals surface area contributed by atoms with Gasteiger partial charge in [0.2, 0.25) is 0 Å². The van der Waals surface area contributed by atoms with Gasteiger partial charge in [-0.25, -0.2) is 9.59 Å². The Morgan fingerprint density at radius 2 is 1.64 bits per heavy atom. The van der Waals surface area contributed by atoms with Crippen molar-refractivity contribution in [2.45, 2.75) is 50.8 Å². The number of nitrogens with zero attached hydrogens (tertiary/aromatic N) is 1. The van der Waals surface area contributed by atoms with Gasteiger partial charge in [-0.15, -0.1) is 11.8 Å². The van der Waals surface area contributed by atoms with Crippen LogP contribution in [0.3, 0.4) is 0 Å². The van der Waals surface area contributed by atoms with E-state index in [2.05, 4.69) is 5.32 Å². The molecule has 2 aliphatic heterocycles. The first-order chi connectivity index (χ1) is 17.2. The third-order valence-corrected chi connectivity index (χ3v) is 6.96. The highest BCUT2D eigenvalue weighted by atomic mass is 32.2. The summed E-state index contributed by atoms with van der Waals surface area (Å²) in [6.45, 7) is 7.13. The lowest BCUT2D eigenvalue weighted by molar-refractivity contribution is -0.153. The number of amides is 2. The van der Waals surface area contributed by atoms with Crippen LogP contribution >= 0.6 is 11.8 Å². The number of nitrogens with one attached hydrogen (secondary N) is 1. The summed E-state index contributed by atoms with van der Waals surface area (Å²) >= 11 is 1.48. The van der Waals surface area contributed by atoms with E-state index in [1.807, 2.05) is 79.7 Å². The van der Waals surface area contributed by atoms with Gasteiger partial charge in [-0.2, -0.15) is 0 Å². The molecule has 7 nitrogen and oxygen atoms in total. The molecule has 1 unspecified atom stereocenters. The largest absolute Gasteiger partial charge is 0.448 e. The molecule has 2 atom stereocenters. The second-order valence-electron chi connectivity index (χ2n) is 9.51. The molecule has 1 N–H and O–H groups in total. The van der Waals surface area contributed by atoms with E-state index in [9.17, 15) is 14.4 Å². The molecule has 2 heterocycles. The predicted molar refractivity (Wildman–Crippen MR) is 139 cm³/mol. The Balaban J connectivity index is 1.60. The van der Waals surface area contributed by atoms with Crippen LogP contribution in [0.1, 0.15) is 44.9 Å². The number of carbonyl (C=O) groups is 3. The molecule has 188 valence electrons. The molecule has 0 aliphatic carbocycles. The van der Waals surface area contributed by atoms with Crippen molar-refractivity contribution < 1.29 is 23.9 Å². The number of fused-ring (bicyclic) bond motifs is 1. The molecule has 0 radical (unpaired) electrons. The minimum absolute atomic E-state index is 0.209. The molecule has 36 heavy (non-hydrogen) atoms. The number of ether oxygens (including phenoxy) is 2. The summed E-state index contributed by atoms with van der Waals surface area (Å²) in [5.41, 5.74) is 1.88. The van der Waals surface area contributed by atoms with Gasteiger partial charge in [0, 0.05) is 5.75 Å². The summed E-state index contributed by atoms with van der Waals surface area (Å²) in [5, 5.41) is 2.23. The first-order valence-corrected chi connectivity index (χ1v) is 12.9. The van der Waals surface area contributed by atoms with E-state index in [0.29, 0.717) is 11.3 Å². The van der Waals surface area contributed by atoms with Gasteiger partial charge in [-0.05, 0) is 44.4 Å². The number of carbonyl (C=O) groups excluding carboxylic acids is 3. The molecule has 0 bridgehead atoms. The van der Waals surface area contributed by atoms with Gasteiger partial charge >= 0.3 is 12.1 Å². The first-order valence-electron chi connectivity index (χ1n) is 11.8. The van der Waals surface area contributed by atoms with E-state index in [1.165, 1.54) is 16.7 Å². The highest BCUT2D eigenvalue weighted by Crippen LogP contribution is 2.42. The fourth-order valence-corrected chi connectivity index (χ4v) is 5.46. The van der Waals surface area contributed by atoms with Crippen molar-refractivity contribution in [3.63, 3.8) is 0 Å². The third-order valence-electron chi connectivity index (χ3n) is 5.66. The Bertz CT molecular complexity index is 1150. The maximum absolute atomic E-state index is 13.7. The van der Waals surface area contributed by atoms with Crippen molar-refractivity contribution in [2.24, 2.45) is 0 Å². The van der Waals surface area contributed by atoms with Crippen LogP contribution in [0.2, 0.25) is 0 Å². The first kappa shape index (κ1) is 25.6. The minimum Gasteiger partial charge on any atom is -0.448 e. The summed E-state index contributed by atoms with van der Waals surface area (Å²) in [6.07, 6.45) is 2.35. The number of allylic oxidation sites excluding steroid dienone is 2. The number of thioether (sulfide) groups is 1. The van der Waals surface area contributed by atoms with E-state index >= 15 is 0 Å². The molecule has 1 fully saturated rings. The average molecular weight is 507 g/mol. The fourth-order valence-electron chi connectivity index (χ4n) is 4.14. The van der Waals surface area contributed by atoms with E-state index in [0.717, 1.165) is 11.1 Å². The summed E-state index contributed by atoms with van der Waals surface area (Å²) < 4.78 is 11.4. The van der Waals surface area contributed by atoms with Gasteiger partial charge in [0.1, 0.15) is 22.7 Å². The number of β-lactam (4-membered cyclic amide) rings is 1. The SMILES string of the molecule is C/C=C\C1=C(C(=O)OC(c2ccccc2)c2ccccc2)N2C(=O)C(NC(=O)OC(C)(C)C)[C@H]2SC1. The average Bonchev–Trinajstić information content (AvgIpc) is 2.85. The van der Waals surface area contributed by atoms with Gasteiger partial charge < -0.3 is 14.8 Å². The fraction of sp³-hybridized carbons (Fsp3) is 0.321. The predicted octanol–water partition coefficient (Wildman–Crippen LogP) is 4.96. The minimum atomic E-state index is -0.779. The lowest BCUT2D eigenvalue weighted by Gasteiger charge is -2.49. The van der Waals surface area contributed by atoms with Crippen molar-refractivity contribution in [1.29, 1.82) is 0 Å². The lowest BCUT2D eigenvalue weighted by Crippen LogP contribution is -2.70. The number of esters is 1. The number of hydrogen-bond acceptors (Lipinski definition) is 6. The molecule has 2 aromatic carbocycles. The molecular formula is C28H30N2O5S. The highest BCUT2D eigenvalue weighted by Gasteiger charge is 2.54. The zero-order valence-corrected chi connectivity index (χ0v) is 21.6. The highest BCUT2D eigenvalue weighted by molar-refractivity contribution is 8.00. The van der Waals surface area contributed by atoms with Crippen LogP contribution in [0.15, 0.2) is 84.1 Å². The van der Waals surface area contributed by atoms with Crippen LogP contribution in [0.4, 0.5) is 4.79 Å². The Labute approximate surface area is 215 Å². The smallest absolute Gasteiger partial charge is 0.408 e. The second-order valence-corrected chi connectivity index (χ2v) is 10.6.